The highest BCUT2D eigenvalue weighted by Gasteiger charge is 2.37. The number of hydrogen-bond acceptors (Lipinski definition) is 3. The van der Waals surface area contributed by atoms with Crippen molar-refractivity contribution < 1.29 is 23.1 Å². The maximum atomic E-state index is 11.9. The standard InChI is InChI=1S/C8H13F3N2O2/c9-8(10,11)6(14)4-12-3-5-1-2-7(15)13-5/h5-6,12,14H,1-4H2,(H,13,15). The van der Waals surface area contributed by atoms with Gasteiger partial charge in [-0.15, -0.1) is 0 Å². The average molecular weight is 226 g/mol. The first-order valence-electron chi connectivity index (χ1n) is 4.64. The second-order valence-electron chi connectivity index (χ2n) is 3.52. The van der Waals surface area contributed by atoms with E-state index in [1.54, 1.807) is 0 Å². The first kappa shape index (κ1) is 12.3. The molecule has 1 rings (SSSR count). The van der Waals surface area contributed by atoms with Crippen molar-refractivity contribution in [2.24, 2.45) is 0 Å². The number of halogens is 3. The van der Waals surface area contributed by atoms with Gasteiger partial charge in [-0.1, -0.05) is 0 Å². The van der Waals surface area contributed by atoms with E-state index in [9.17, 15) is 18.0 Å². The van der Waals surface area contributed by atoms with Crippen molar-refractivity contribution in [3.8, 4) is 0 Å². The number of hydrogen-bond donors (Lipinski definition) is 3. The Balaban J connectivity index is 2.14. The van der Waals surface area contributed by atoms with Crippen LogP contribution in [0.15, 0.2) is 0 Å². The van der Waals surface area contributed by atoms with Gasteiger partial charge in [0.1, 0.15) is 0 Å². The minimum absolute atomic E-state index is 0.0850. The van der Waals surface area contributed by atoms with E-state index in [1.807, 2.05) is 0 Å². The summed E-state index contributed by atoms with van der Waals surface area (Å²) in [5.41, 5.74) is 0. The van der Waals surface area contributed by atoms with Crippen LogP contribution in [0.3, 0.4) is 0 Å². The first-order valence-corrected chi connectivity index (χ1v) is 4.64. The van der Waals surface area contributed by atoms with Crippen molar-refractivity contribution in [1.82, 2.24) is 10.6 Å². The molecule has 0 aliphatic carbocycles. The molecule has 4 nitrogen and oxygen atoms in total. The van der Waals surface area contributed by atoms with Gasteiger partial charge in [0.2, 0.25) is 5.91 Å². The van der Waals surface area contributed by atoms with E-state index < -0.39 is 18.8 Å². The summed E-state index contributed by atoms with van der Waals surface area (Å²) in [7, 11) is 0. The van der Waals surface area contributed by atoms with Gasteiger partial charge in [-0.05, 0) is 6.42 Å². The minimum Gasteiger partial charge on any atom is -0.382 e. The Labute approximate surface area is 84.8 Å². The molecule has 0 aromatic rings. The van der Waals surface area contributed by atoms with Crippen LogP contribution >= 0.6 is 0 Å². The topological polar surface area (TPSA) is 61.4 Å². The molecule has 1 aliphatic rings. The Morgan fingerprint density at radius 1 is 1.60 bits per heavy atom. The van der Waals surface area contributed by atoms with Crippen molar-refractivity contribution in [2.45, 2.75) is 31.2 Å². The lowest BCUT2D eigenvalue weighted by Crippen LogP contribution is -2.43. The number of amides is 1. The lowest BCUT2D eigenvalue weighted by molar-refractivity contribution is -0.201. The molecular weight excluding hydrogens is 213 g/mol. The summed E-state index contributed by atoms with van der Waals surface area (Å²) in [6, 6.07) is -0.127. The van der Waals surface area contributed by atoms with Gasteiger partial charge in [-0.25, -0.2) is 0 Å². The number of alkyl halides is 3. The molecule has 0 radical (unpaired) electrons. The van der Waals surface area contributed by atoms with Crippen LogP contribution in [0.4, 0.5) is 13.2 Å². The van der Waals surface area contributed by atoms with Gasteiger partial charge in [-0.3, -0.25) is 4.79 Å². The van der Waals surface area contributed by atoms with E-state index in [2.05, 4.69) is 10.6 Å². The third-order valence-corrected chi connectivity index (χ3v) is 2.19. The molecule has 3 N–H and O–H groups in total. The molecule has 1 saturated heterocycles. The Morgan fingerprint density at radius 2 is 2.27 bits per heavy atom. The lowest BCUT2D eigenvalue weighted by atomic mass is 10.2. The van der Waals surface area contributed by atoms with Crippen LogP contribution in [0.5, 0.6) is 0 Å². The van der Waals surface area contributed by atoms with E-state index in [-0.39, 0.29) is 18.5 Å². The van der Waals surface area contributed by atoms with E-state index in [1.165, 1.54) is 0 Å². The van der Waals surface area contributed by atoms with Crippen molar-refractivity contribution >= 4 is 5.91 Å². The van der Waals surface area contributed by atoms with Gasteiger partial charge in [0.15, 0.2) is 6.10 Å². The summed E-state index contributed by atoms with van der Waals surface area (Å²) in [5.74, 6) is -0.0850. The minimum atomic E-state index is -4.59. The Morgan fingerprint density at radius 3 is 2.73 bits per heavy atom. The highest BCUT2D eigenvalue weighted by atomic mass is 19.4. The molecule has 0 spiro atoms. The second kappa shape index (κ2) is 4.80. The molecule has 1 fully saturated rings. The monoisotopic (exact) mass is 226 g/mol. The van der Waals surface area contributed by atoms with Gasteiger partial charge >= 0.3 is 6.18 Å². The van der Waals surface area contributed by atoms with Crippen molar-refractivity contribution in [1.29, 1.82) is 0 Å². The number of rotatable bonds is 4. The van der Waals surface area contributed by atoms with Gasteiger partial charge < -0.3 is 15.7 Å². The fourth-order valence-corrected chi connectivity index (χ4v) is 1.34. The molecule has 2 unspecified atom stereocenters. The van der Waals surface area contributed by atoms with Gasteiger partial charge in [-0.2, -0.15) is 13.2 Å². The molecule has 7 heteroatoms. The number of carbonyl (C=O) groups is 1. The predicted molar refractivity (Wildman–Crippen MR) is 46.1 cm³/mol. The van der Waals surface area contributed by atoms with Crippen molar-refractivity contribution in [3.63, 3.8) is 0 Å². The van der Waals surface area contributed by atoms with Crippen LogP contribution in [0.2, 0.25) is 0 Å². The largest absolute Gasteiger partial charge is 0.415 e. The van der Waals surface area contributed by atoms with Gasteiger partial charge in [0.25, 0.3) is 0 Å². The maximum absolute atomic E-state index is 11.9. The van der Waals surface area contributed by atoms with Crippen LogP contribution < -0.4 is 10.6 Å². The summed E-state index contributed by atoms with van der Waals surface area (Å²) in [4.78, 5) is 10.7. The second-order valence-corrected chi connectivity index (χ2v) is 3.52. The summed E-state index contributed by atoms with van der Waals surface area (Å²) in [5, 5.41) is 13.7. The van der Waals surface area contributed by atoms with Crippen LogP contribution in [-0.4, -0.2) is 42.4 Å². The van der Waals surface area contributed by atoms with E-state index in [0.717, 1.165) is 0 Å². The third-order valence-electron chi connectivity index (χ3n) is 2.19. The summed E-state index contributed by atoms with van der Waals surface area (Å²) in [6.07, 6.45) is -5.91. The van der Waals surface area contributed by atoms with Crippen molar-refractivity contribution in [3.05, 3.63) is 0 Å². The van der Waals surface area contributed by atoms with Crippen LogP contribution in [0.25, 0.3) is 0 Å². The zero-order chi connectivity index (χ0) is 11.5. The zero-order valence-corrected chi connectivity index (χ0v) is 7.97. The summed E-state index contributed by atoms with van der Waals surface area (Å²) < 4.78 is 35.6. The summed E-state index contributed by atoms with van der Waals surface area (Å²) in [6.45, 7) is -0.297. The zero-order valence-electron chi connectivity index (χ0n) is 7.97. The van der Waals surface area contributed by atoms with E-state index in [0.29, 0.717) is 12.8 Å². The van der Waals surface area contributed by atoms with E-state index in [4.69, 9.17) is 5.11 Å². The van der Waals surface area contributed by atoms with Crippen LogP contribution in [0.1, 0.15) is 12.8 Å². The number of carbonyl (C=O) groups excluding carboxylic acids is 1. The third kappa shape index (κ3) is 4.05. The average Bonchev–Trinajstić information content (AvgIpc) is 2.49. The molecule has 2 atom stereocenters. The first-order chi connectivity index (χ1) is 6.89. The highest BCUT2D eigenvalue weighted by Crippen LogP contribution is 2.19. The highest BCUT2D eigenvalue weighted by molar-refractivity contribution is 5.78. The molecule has 0 aromatic carbocycles. The van der Waals surface area contributed by atoms with Crippen molar-refractivity contribution in [2.75, 3.05) is 13.1 Å². The smallest absolute Gasteiger partial charge is 0.382 e. The molecule has 0 aromatic heterocycles. The molecule has 1 aliphatic heterocycles. The van der Waals surface area contributed by atoms with Gasteiger partial charge in [0, 0.05) is 25.6 Å². The Bertz CT molecular complexity index is 232. The molecular formula is C8H13F3N2O2. The van der Waals surface area contributed by atoms with Crippen LogP contribution in [0, 0.1) is 0 Å². The predicted octanol–water partition coefficient (Wildman–Crippen LogP) is -0.222. The van der Waals surface area contributed by atoms with E-state index >= 15 is 0 Å². The fourth-order valence-electron chi connectivity index (χ4n) is 1.34. The normalized spacial score (nSPS) is 24.0. The van der Waals surface area contributed by atoms with Gasteiger partial charge in [0.05, 0.1) is 0 Å². The molecule has 1 heterocycles. The number of nitrogens with one attached hydrogen (secondary N) is 2. The fraction of sp³-hybridized carbons (Fsp3) is 0.875. The molecule has 0 bridgehead atoms. The molecule has 15 heavy (non-hydrogen) atoms. The maximum Gasteiger partial charge on any atom is 0.415 e. The Kier molecular flexibility index (Phi) is 3.92. The lowest BCUT2D eigenvalue weighted by Gasteiger charge is -2.16. The molecule has 1 amide bonds. The number of aliphatic hydroxyl groups is 1. The number of aliphatic hydroxyl groups excluding tert-OH is 1. The van der Waals surface area contributed by atoms with Crippen LogP contribution in [-0.2, 0) is 4.79 Å². The SMILES string of the molecule is O=C1CCC(CNCC(O)C(F)(F)F)N1. The quantitative estimate of drug-likeness (QED) is 0.621. The Hall–Kier alpha value is -0.820. The summed E-state index contributed by atoms with van der Waals surface area (Å²) >= 11 is 0. The molecule has 0 saturated carbocycles. The molecule has 88 valence electrons.